The maximum atomic E-state index is 12.9. The zero-order valence-corrected chi connectivity index (χ0v) is 19.4. The molecule has 2 bridgehead atoms. The Morgan fingerprint density at radius 2 is 1.71 bits per heavy atom. The molecule has 0 saturated heterocycles. The number of carboxylic acids is 1. The number of fused-ring (bicyclic) bond motifs is 2. The molecule has 0 spiro atoms. The lowest BCUT2D eigenvalue weighted by molar-refractivity contribution is -0.180. The summed E-state index contributed by atoms with van der Waals surface area (Å²) in [6.45, 7) is 17.2. The minimum Gasteiger partial charge on any atom is -0.481 e. The molecule has 2 saturated carbocycles. The number of ether oxygens (including phenoxy) is 1. The number of hydrogen-bond acceptors (Lipinski definition) is 3. The molecule has 0 heterocycles. The second-order valence-corrected chi connectivity index (χ2v) is 11.2. The molecule has 2 fully saturated rings. The molecule has 2 rings (SSSR count). The average molecular weight is 395 g/mol. The Labute approximate surface area is 171 Å². The lowest BCUT2D eigenvalue weighted by atomic mass is 9.63. The van der Waals surface area contributed by atoms with E-state index in [0.717, 1.165) is 32.1 Å². The Balaban J connectivity index is 1.91. The van der Waals surface area contributed by atoms with E-state index in [9.17, 15) is 14.7 Å². The van der Waals surface area contributed by atoms with Crippen LogP contribution in [-0.2, 0) is 14.3 Å². The average Bonchev–Trinajstić information content (AvgIpc) is 2.84. The summed E-state index contributed by atoms with van der Waals surface area (Å²) in [6.07, 6.45) is 6.98. The van der Waals surface area contributed by atoms with Gasteiger partial charge in [0, 0.05) is 5.41 Å². The van der Waals surface area contributed by atoms with Gasteiger partial charge < -0.3 is 9.84 Å². The van der Waals surface area contributed by atoms with Crippen LogP contribution >= 0.6 is 0 Å². The van der Waals surface area contributed by atoms with Gasteiger partial charge in [0.2, 0.25) is 0 Å². The molecule has 1 N–H and O–H groups in total. The first-order chi connectivity index (χ1) is 12.7. The van der Waals surface area contributed by atoms with Crippen LogP contribution in [0.4, 0.5) is 0 Å². The standard InChI is InChI=1S/C24H42O4/c1-9-21(5,19(26)27)13-11-10-12-17(2)18(25)28-24(8)16-22(6)14-15-23(24,7)20(22,3)4/h17H,9-16H2,1-8H3,(H,26,27). The van der Waals surface area contributed by atoms with E-state index in [1.807, 2.05) is 20.8 Å². The van der Waals surface area contributed by atoms with Crippen molar-refractivity contribution in [1.82, 2.24) is 0 Å². The van der Waals surface area contributed by atoms with E-state index < -0.39 is 17.0 Å². The smallest absolute Gasteiger partial charge is 0.309 e. The monoisotopic (exact) mass is 394 g/mol. The van der Waals surface area contributed by atoms with Crippen LogP contribution in [0.15, 0.2) is 0 Å². The maximum Gasteiger partial charge on any atom is 0.309 e. The van der Waals surface area contributed by atoms with Gasteiger partial charge in [0.1, 0.15) is 5.60 Å². The highest BCUT2D eigenvalue weighted by Gasteiger charge is 2.73. The summed E-state index contributed by atoms with van der Waals surface area (Å²) in [5, 5.41) is 9.38. The van der Waals surface area contributed by atoms with Gasteiger partial charge in [-0.1, -0.05) is 54.4 Å². The van der Waals surface area contributed by atoms with Gasteiger partial charge in [-0.05, 0) is 63.2 Å². The highest BCUT2D eigenvalue weighted by Crippen LogP contribution is 2.76. The van der Waals surface area contributed by atoms with Gasteiger partial charge >= 0.3 is 11.9 Å². The van der Waals surface area contributed by atoms with Crippen LogP contribution in [0.25, 0.3) is 0 Å². The van der Waals surface area contributed by atoms with Gasteiger partial charge in [0.05, 0.1) is 11.3 Å². The topological polar surface area (TPSA) is 63.6 Å². The summed E-state index contributed by atoms with van der Waals surface area (Å²) in [5.41, 5.74) is -0.676. The summed E-state index contributed by atoms with van der Waals surface area (Å²) < 4.78 is 6.22. The number of hydrogen-bond donors (Lipinski definition) is 1. The highest BCUT2D eigenvalue weighted by molar-refractivity contribution is 5.74. The molecule has 0 amide bonds. The second kappa shape index (κ2) is 7.32. The molecule has 0 aliphatic heterocycles. The summed E-state index contributed by atoms with van der Waals surface area (Å²) in [6, 6.07) is 0. The van der Waals surface area contributed by atoms with Crippen molar-refractivity contribution in [2.45, 2.75) is 112 Å². The third-order valence-electron chi connectivity index (χ3n) is 9.60. The Morgan fingerprint density at radius 3 is 2.14 bits per heavy atom. The lowest BCUT2D eigenvalue weighted by Gasteiger charge is -2.46. The number of unbranched alkanes of at least 4 members (excludes halogenated alkanes) is 1. The predicted molar refractivity (Wildman–Crippen MR) is 112 cm³/mol. The molecule has 2 aliphatic rings. The van der Waals surface area contributed by atoms with Gasteiger partial charge in [-0.15, -0.1) is 0 Å². The van der Waals surface area contributed by atoms with Crippen LogP contribution in [0.3, 0.4) is 0 Å². The third kappa shape index (κ3) is 3.39. The van der Waals surface area contributed by atoms with E-state index >= 15 is 0 Å². The van der Waals surface area contributed by atoms with E-state index in [-0.39, 0.29) is 28.1 Å². The first-order valence-electron chi connectivity index (χ1n) is 11.1. The molecule has 4 heteroatoms. The molecule has 2 aliphatic carbocycles. The van der Waals surface area contributed by atoms with Gasteiger partial charge in [-0.2, -0.15) is 0 Å². The second-order valence-electron chi connectivity index (χ2n) is 11.2. The van der Waals surface area contributed by atoms with Gasteiger partial charge in [-0.25, -0.2) is 0 Å². The van der Waals surface area contributed by atoms with E-state index in [1.54, 1.807) is 0 Å². The molecule has 5 atom stereocenters. The van der Waals surface area contributed by atoms with Crippen LogP contribution in [0.2, 0.25) is 0 Å². The fourth-order valence-electron chi connectivity index (χ4n) is 5.98. The molecule has 5 unspecified atom stereocenters. The predicted octanol–water partition coefficient (Wildman–Crippen LogP) is 6.22. The Hall–Kier alpha value is -1.06. The molecule has 28 heavy (non-hydrogen) atoms. The van der Waals surface area contributed by atoms with Crippen molar-refractivity contribution >= 4 is 11.9 Å². The Bertz CT molecular complexity index is 626. The molecule has 0 aromatic rings. The Morgan fingerprint density at radius 1 is 1.11 bits per heavy atom. The molecule has 0 aromatic heterocycles. The highest BCUT2D eigenvalue weighted by atomic mass is 16.6. The summed E-state index contributed by atoms with van der Waals surface area (Å²) in [4.78, 5) is 24.3. The largest absolute Gasteiger partial charge is 0.481 e. The number of aliphatic carboxylic acids is 1. The van der Waals surface area contributed by atoms with Crippen LogP contribution in [0.5, 0.6) is 0 Å². The van der Waals surface area contributed by atoms with E-state index in [1.165, 1.54) is 6.42 Å². The first kappa shape index (κ1) is 23.2. The number of carbonyl (C=O) groups is 2. The molecule has 162 valence electrons. The number of esters is 1. The molecule has 0 aromatic carbocycles. The quantitative estimate of drug-likeness (QED) is 0.372. The fourth-order valence-corrected chi connectivity index (χ4v) is 5.98. The van der Waals surface area contributed by atoms with Crippen molar-refractivity contribution in [3.63, 3.8) is 0 Å². The molecular weight excluding hydrogens is 352 g/mol. The van der Waals surface area contributed by atoms with Gasteiger partial charge in [0.15, 0.2) is 0 Å². The summed E-state index contributed by atoms with van der Waals surface area (Å²) in [5.74, 6) is -0.962. The van der Waals surface area contributed by atoms with Crippen molar-refractivity contribution in [2.24, 2.45) is 27.6 Å². The van der Waals surface area contributed by atoms with Crippen molar-refractivity contribution < 1.29 is 19.4 Å². The van der Waals surface area contributed by atoms with E-state index in [4.69, 9.17) is 4.74 Å². The zero-order chi connectivity index (χ0) is 21.6. The molecular formula is C24H42O4. The van der Waals surface area contributed by atoms with Crippen molar-refractivity contribution in [3.05, 3.63) is 0 Å². The van der Waals surface area contributed by atoms with Gasteiger partial charge in [0.25, 0.3) is 0 Å². The SMILES string of the molecule is CCC(C)(CCCCC(C)C(=O)OC1(C)CC2(C)CCC1(C)C2(C)C)C(=O)O. The summed E-state index contributed by atoms with van der Waals surface area (Å²) in [7, 11) is 0. The zero-order valence-electron chi connectivity index (χ0n) is 19.4. The van der Waals surface area contributed by atoms with E-state index in [0.29, 0.717) is 12.8 Å². The Kier molecular flexibility index (Phi) is 6.07. The van der Waals surface area contributed by atoms with Crippen LogP contribution in [0, 0.1) is 27.6 Å². The number of carboxylic acid groups (broad SMARTS) is 1. The van der Waals surface area contributed by atoms with Crippen LogP contribution in [-0.4, -0.2) is 22.6 Å². The van der Waals surface area contributed by atoms with E-state index in [2.05, 4.69) is 34.6 Å². The summed E-state index contributed by atoms with van der Waals surface area (Å²) >= 11 is 0. The number of rotatable bonds is 9. The maximum absolute atomic E-state index is 12.9. The van der Waals surface area contributed by atoms with Crippen LogP contribution in [0.1, 0.15) is 107 Å². The minimum absolute atomic E-state index is 0.00849. The number of carbonyl (C=O) groups excluding carboxylic acids is 1. The van der Waals surface area contributed by atoms with Gasteiger partial charge in [-0.3, -0.25) is 9.59 Å². The first-order valence-corrected chi connectivity index (χ1v) is 11.1. The fraction of sp³-hybridized carbons (Fsp3) is 0.917. The molecule has 4 nitrogen and oxygen atoms in total. The minimum atomic E-state index is -0.726. The van der Waals surface area contributed by atoms with Crippen LogP contribution < -0.4 is 0 Å². The lowest BCUT2D eigenvalue weighted by Crippen LogP contribution is -2.48. The van der Waals surface area contributed by atoms with Crippen molar-refractivity contribution in [2.75, 3.05) is 0 Å². The molecule has 0 radical (unpaired) electrons. The van der Waals surface area contributed by atoms with Crippen molar-refractivity contribution in [1.29, 1.82) is 0 Å². The van der Waals surface area contributed by atoms with Crippen molar-refractivity contribution in [3.8, 4) is 0 Å². The normalized spacial score (nSPS) is 36.7. The third-order valence-corrected chi connectivity index (χ3v) is 9.60.